The van der Waals surface area contributed by atoms with Crippen molar-refractivity contribution in [3.63, 3.8) is 0 Å². The largest absolute Gasteiger partial charge is 1.00 e. The molecule has 8 nitrogen and oxygen atoms in total. The van der Waals surface area contributed by atoms with Crippen LogP contribution < -0.4 is 29.0 Å². The number of rotatable bonds is 4. The number of benzene rings is 2. The van der Waals surface area contributed by atoms with Gasteiger partial charge in [0.15, 0.2) is 0 Å². The summed E-state index contributed by atoms with van der Waals surface area (Å²) >= 11 is 5.87. The van der Waals surface area contributed by atoms with Crippen LogP contribution in [0.3, 0.4) is 0 Å². The van der Waals surface area contributed by atoms with Crippen molar-refractivity contribution in [1.82, 2.24) is 14.9 Å². The first kappa shape index (κ1) is 21.4. The van der Waals surface area contributed by atoms with Crippen molar-refractivity contribution < 1.29 is 17.5 Å². The highest BCUT2D eigenvalue weighted by atomic mass is 35.5. The van der Waals surface area contributed by atoms with Gasteiger partial charge in [-0.3, -0.25) is 19.8 Å². The minimum Gasteiger partial charge on any atom is -1.00 e. The van der Waals surface area contributed by atoms with Gasteiger partial charge in [0, 0.05) is 23.3 Å². The maximum Gasteiger partial charge on any atom is 0.335 e. The minimum atomic E-state index is -0.765. The molecular weight excluding hydrogens is 429 g/mol. The summed E-state index contributed by atoms with van der Waals surface area (Å²) in [5.74, 6) is 0.279. The summed E-state index contributed by atoms with van der Waals surface area (Å²) in [7, 11) is 0. The molecule has 2 heterocycles. The van der Waals surface area contributed by atoms with E-state index in [4.69, 9.17) is 11.6 Å². The predicted molar refractivity (Wildman–Crippen MR) is 112 cm³/mol. The Balaban J connectivity index is 0.00000256. The Kier molecular flexibility index (Phi) is 6.39. The first-order valence-electron chi connectivity index (χ1n) is 8.80. The average Bonchev–Trinajstić information content (AvgIpc) is 3.24. The quantitative estimate of drug-likeness (QED) is 0.447. The number of aromatic hydroxyl groups is 1. The van der Waals surface area contributed by atoms with Crippen LogP contribution in [0.15, 0.2) is 68.1 Å². The van der Waals surface area contributed by atoms with Gasteiger partial charge in [-0.25, -0.2) is 9.36 Å². The zero-order valence-electron chi connectivity index (χ0n) is 15.5. The Morgan fingerprint density at radius 2 is 1.93 bits per heavy atom. The maximum absolute atomic E-state index is 12.2. The summed E-state index contributed by atoms with van der Waals surface area (Å²) in [6, 6.07) is 13.6. The molecule has 0 saturated carbocycles. The van der Waals surface area contributed by atoms with E-state index in [1.54, 1.807) is 30.3 Å². The number of hydrogen-bond acceptors (Lipinski definition) is 6. The fourth-order valence-electron chi connectivity index (χ4n) is 2.95. The highest BCUT2D eigenvalue weighted by Gasteiger charge is 2.14. The molecule has 30 heavy (non-hydrogen) atoms. The van der Waals surface area contributed by atoms with Crippen LogP contribution in [0.25, 0.3) is 5.69 Å². The molecule has 0 atom stereocenters. The van der Waals surface area contributed by atoms with Gasteiger partial charge in [0.2, 0.25) is 5.88 Å². The number of H-pyrrole nitrogens is 1. The average molecular weight is 445 g/mol. The number of hydrogen-bond donors (Lipinski definition) is 3. The van der Waals surface area contributed by atoms with Gasteiger partial charge in [-0.15, -0.1) is 0 Å². The fourth-order valence-corrected chi connectivity index (χ4v) is 3.07. The van der Waals surface area contributed by atoms with E-state index in [-0.39, 0.29) is 18.0 Å². The molecule has 1 aromatic heterocycles. The van der Waals surface area contributed by atoms with E-state index >= 15 is 0 Å². The Bertz CT molecular complexity index is 1250. The standard InChI is InChI=1S/C20H16ClN5O3.ClH/c21-13-4-6-15(7-5-13)26-19(28)16(18(27)25-20(26)29)11-24-14-3-1-2-12(10-14)17-22-8-9-23-17;/h1-7,10-11,28H,8-9H2,(H,22,23)(H,25,27,29);1H/p-1. The van der Waals surface area contributed by atoms with Gasteiger partial charge in [0.1, 0.15) is 11.4 Å². The molecule has 0 fully saturated rings. The summed E-state index contributed by atoms with van der Waals surface area (Å²) in [5, 5.41) is 14.2. The molecule has 0 saturated heterocycles. The van der Waals surface area contributed by atoms with Gasteiger partial charge in [-0.1, -0.05) is 23.7 Å². The molecule has 3 N–H and O–H groups in total. The second kappa shape index (κ2) is 8.98. The van der Waals surface area contributed by atoms with Gasteiger partial charge in [0.05, 0.1) is 17.9 Å². The fraction of sp³-hybridized carbons (Fsp3) is 0.100. The maximum atomic E-state index is 12.2. The van der Waals surface area contributed by atoms with Gasteiger partial charge in [-0.05, 0) is 36.4 Å². The minimum absolute atomic E-state index is 0. The molecule has 0 unspecified atom stereocenters. The molecule has 1 aliphatic heterocycles. The van der Waals surface area contributed by atoms with Crippen molar-refractivity contribution in [1.29, 1.82) is 0 Å². The molecule has 154 valence electrons. The van der Waals surface area contributed by atoms with E-state index in [9.17, 15) is 14.7 Å². The molecule has 2 aromatic carbocycles. The third-order valence-corrected chi connectivity index (χ3v) is 4.59. The van der Waals surface area contributed by atoms with Crippen molar-refractivity contribution >= 4 is 29.3 Å². The normalized spacial score (nSPS) is 13.0. The van der Waals surface area contributed by atoms with Crippen LogP contribution in [0.2, 0.25) is 5.02 Å². The summed E-state index contributed by atoms with van der Waals surface area (Å²) in [5.41, 5.74) is 0.165. The Labute approximate surface area is 182 Å². The number of aromatic nitrogens is 2. The molecule has 0 amide bonds. The van der Waals surface area contributed by atoms with Gasteiger partial charge < -0.3 is 22.8 Å². The van der Waals surface area contributed by atoms with Crippen LogP contribution in [0, 0.1) is 0 Å². The lowest BCUT2D eigenvalue weighted by molar-refractivity contribution is -0.00000712. The lowest BCUT2D eigenvalue weighted by Crippen LogP contribution is -3.00. The van der Waals surface area contributed by atoms with E-state index in [0.29, 0.717) is 16.4 Å². The van der Waals surface area contributed by atoms with E-state index in [2.05, 4.69) is 20.3 Å². The third-order valence-electron chi connectivity index (χ3n) is 4.34. The van der Waals surface area contributed by atoms with Crippen molar-refractivity contribution in [2.24, 2.45) is 9.98 Å². The summed E-state index contributed by atoms with van der Waals surface area (Å²) in [6.45, 7) is 1.51. The highest BCUT2D eigenvalue weighted by molar-refractivity contribution is 6.30. The summed E-state index contributed by atoms with van der Waals surface area (Å²) < 4.78 is 0.979. The number of nitrogens with zero attached hydrogens (tertiary/aromatic N) is 3. The van der Waals surface area contributed by atoms with Crippen LogP contribution in [0.1, 0.15) is 11.1 Å². The third kappa shape index (κ3) is 4.29. The van der Waals surface area contributed by atoms with Crippen LogP contribution in [-0.4, -0.2) is 39.8 Å². The summed E-state index contributed by atoms with van der Waals surface area (Å²) in [6.07, 6.45) is 1.23. The number of halogens is 2. The van der Waals surface area contributed by atoms with Crippen molar-refractivity contribution in [2.45, 2.75) is 0 Å². The van der Waals surface area contributed by atoms with E-state index in [0.717, 1.165) is 29.1 Å². The van der Waals surface area contributed by atoms with Crippen molar-refractivity contribution in [3.8, 4) is 11.6 Å². The van der Waals surface area contributed by atoms with Crippen LogP contribution in [0.4, 0.5) is 5.69 Å². The van der Waals surface area contributed by atoms with Crippen molar-refractivity contribution in [3.05, 3.63) is 85.5 Å². The topological polar surface area (TPSA) is 112 Å². The molecule has 0 radical (unpaired) electrons. The smallest absolute Gasteiger partial charge is 0.335 e. The zero-order chi connectivity index (χ0) is 20.4. The second-order valence-corrected chi connectivity index (χ2v) is 6.71. The van der Waals surface area contributed by atoms with Gasteiger partial charge in [0.25, 0.3) is 5.56 Å². The Morgan fingerprint density at radius 1 is 1.17 bits per heavy atom. The zero-order valence-corrected chi connectivity index (χ0v) is 17.0. The van der Waals surface area contributed by atoms with E-state index in [1.165, 1.54) is 6.21 Å². The van der Waals surface area contributed by atoms with Crippen LogP contribution in [0.5, 0.6) is 5.88 Å². The molecule has 1 aliphatic rings. The monoisotopic (exact) mass is 444 g/mol. The first-order valence-corrected chi connectivity index (χ1v) is 9.18. The number of nitrogens with one attached hydrogen (secondary N) is 2. The van der Waals surface area contributed by atoms with Crippen molar-refractivity contribution in [2.75, 3.05) is 13.1 Å². The molecule has 0 aliphatic carbocycles. The van der Waals surface area contributed by atoms with Crippen LogP contribution >= 0.6 is 11.6 Å². The van der Waals surface area contributed by atoms with E-state index < -0.39 is 17.1 Å². The molecule has 3 aromatic rings. The molecular formula is C20H16Cl2N5O3-. The number of aromatic amines is 1. The number of aliphatic imine (C=N–C) groups is 2. The molecule has 0 bridgehead atoms. The number of amidine groups is 1. The lowest BCUT2D eigenvalue weighted by atomic mass is 10.2. The SMILES string of the molecule is O=c1[nH]c(=O)n(-c2ccc(Cl)cc2)c(O)c1C=Nc1cccc(C2=NCCN2)c1.[Cl-]. The first-order chi connectivity index (χ1) is 14.0. The second-order valence-electron chi connectivity index (χ2n) is 6.27. The predicted octanol–water partition coefficient (Wildman–Crippen LogP) is -1.01. The van der Waals surface area contributed by atoms with Gasteiger partial charge in [-0.2, -0.15) is 0 Å². The Morgan fingerprint density at radius 3 is 2.63 bits per heavy atom. The van der Waals surface area contributed by atoms with Gasteiger partial charge >= 0.3 is 5.69 Å². The van der Waals surface area contributed by atoms with Crippen LogP contribution in [-0.2, 0) is 0 Å². The lowest BCUT2D eigenvalue weighted by Gasteiger charge is -2.09. The Hall–Kier alpha value is -3.36. The van der Waals surface area contributed by atoms with E-state index in [1.807, 2.05) is 18.2 Å². The molecule has 10 heteroatoms. The highest BCUT2D eigenvalue weighted by Crippen LogP contribution is 2.19. The summed E-state index contributed by atoms with van der Waals surface area (Å²) in [4.78, 5) is 35.3. The molecule has 4 rings (SSSR count). The molecule has 0 spiro atoms.